The number of furan rings is 1. The van der Waals surface area contributed by atoms with Gasteiger partial charge in [-0.25, -0.2) is 0 Å². The van der Waals surface area contributed by atoms with Crippen LogP contribution in [0.15, 0.2) is 70.9 Å². The van der Waals surface area contributed by atoms with Crippen LogP contribution in [0.3, 0.4) is 0 Å². The van der Waals surface area contributed by atoms with Gasteiger partial charge < -0.3 is 23.7 Å². The highest BCUT2D eigenvalue weighted by Gasteiger charge is 2.48. The quantitative estimate of drug-likeness (QED) is 0.340. The predicted octanol–water partition coefficient (Wildman–Crippen LogP) is 4.46. The lowest BCUT2D eigenvalue weighted by Gasteiger charge is -2.24. The lowest BCUT2D eigenvalue weighted by Crippen LogP contribution is -2.29. The largest absolute Gasteiger partial charge is 0.507 e. The van der Waals surface area contributed by atoms with Gasteiger partial charge >= 0.3 is 0 Å². The molecule has 2 aliphatic rings. The van der Waals surface area contributed by atoms with Gasteiger partial charge in [-0.3, -0.25) is 14.5 Å². The third-order valence-electron chi connectivity index (χ3n) is 5.56. The van der Waals surface area contributed by atoms with Crippen molar-refractivity contribution >= 4 is 23.1 Å². The molecule has 0 radical (unpaired) electrons. The Balaban J connectivity index is 1.60. The Morgan fingerprint density at radius 1 is 1.03 bits per heavy atom. The zero-order valence-corrected chi connectivity index (χ0v) is 18.7. The van der Waals surface area contributed by atoms with Crippen LogP contribution in [0.25, 0.3) is 5.76 Å². The molecule has 1 atom stereocenters. The van der Waals surface area contributed by atoms with E-state index < -0.39 is 17.7 Å². The Morgan fingerprint density at radius 3 is 2.44 bits per heavy atom. The van der Waals surface area contributed by atoms with Gasteiger partial charge in [0, 0.05) is 11.3 Å². The molecule has 1 unspecified atom stereocenters. The number of ether oxygens (including phenoxy) is 3. The minimum absolute atomic E-state index is 0.00538. The molecular weight excluding hydrogens is 438 g/mol. The van der Waals surface area contributed by atoms with E-state index in [0.717, 1.165) is 0 Å². The van der Waals surface area contributed by atoms with Gasteiger partial charge in [-0.1, -0.05) is 0 Å². The molecule has 1 saturated heterocycles. The van der Waals surface area contributed by atoms with Crippen LogP contribution in [0, 0.1) is 0 Å². The molecule has 3 aromatic rings. The Morgan fingerprint density at radius 2 is 1.76 bits per heavy atom. The number of benzene rings is 2. The maximum atomic E-state index is 13.2. The minimum atomic E-state index is -0.944. The van der Waals surface area contributed by atoms with Gasteiger partial charge in [-0.05, 0) is 68.4 Å². The first kappa shape index (κ1) is 21.6. The molecule has 1 N–H and O–H groups in total. The molecule has 8 heteroatoms. The summed E-state index contributed by atoms with van der Waals surface area (Å²) in [5, 5.41) is 11.2. The summed E-state index contributed by atoms with van der Waals surface area (Å²) in [5.74, 6) is 0.102. The lowest BCUT2D eigenvalue weighted by atomic mass is 9.99. The first-order valence-corrected chi connectivity index (χ1v) is 10.9. The summed E-state index contributed by atoms with van der Waals surface area (Å²) in [6, 6.07) is 14.1. The number of aliphatic hydroxyl groups is 1. The van der Waals surface area contributed by atoms with Crippen LogP contribution in [0.2, 0.25) is 0 Å². The fourth-order valence-electron chi connectivity index (χ4n) is 4.12. The van der Waals surface area contributed by atoms with Crippen LogP contribution < -0.4 is 19.1 Å². The van der Waals surface area contributed by atoms with E-state index in [9.17, 15) is 14.7 Å². The average Bonchev–Trinajstić information content (AvgIpc) is 3.45. The van der Waals surface area contributed by atoms with Crippen LogP contribution in [0.4, 0.5) is 5.69 Å². The van der Waals surface area contributed by atoms with Crippen molar-refractivity contribution in [3.63, 3.8) is 0 Å². The van der Waals surface area contributed by atoms with Crippen molar-refractivity contribution in [3.8, 4) is 17.2 Å². The Hall–Kier alpha value is -4.20. The van der Waals surface area contributed by atoms with Crippen LogP contribution in [0.1, 0.15) is 31.2 Å². The van der Waals surface area contributed by atoms with Crippen molar-refractivity contribution < 1.29 is 33.3 Å². The number of amides is 1. The number of fused-ring (bicyclic) bond motifs is 1. The second-order valence-corrected chi connectivity index (χ2v) is 8.20. The first-order chi connectivity index (χ1) is 16.4. The van der Waals surface area contributed by atoms with Gasteiger partial charge in [0.15, 0.2) is 11.5 Å². The number of ketones is 1. The monoisotopic (exact) mass is 461 g/mol. The Labute approximate surface area is 196 Å². The van der Waals surface area contributed by atoms with E-state index >= 15 is 0 Å². The maximum Gasteiger partial charge on any atom is 0.300 e. The molecule has 3 heterocycles. The zero-order chi connectivity index (χ0) is 23.8. The number of hydrogen-bond acceptors (Lipinski definition) is 7. The van der Waals surface area contributed by atoms with Crippen LogP contribution in [-0.4, -0.2) is 36.1 Å². The highest BCUT2D eigenvalue weighted by molar-refractivity contribution is 6.51. The standard InChI is InChI=1S/C26H23NO7/c1-15(2)34-18-8-6-17(7-9-18)27-23(20-4-3-11-31-20)22(25(29)26(27)30)24(28)16-5-10-19-21(14-16)33-13-12-32-19/h3-11,14-15,23,28H,12-13H2,1-2H3/b24-22-. The third kappa shape index (κ3) is 3.77. The van der Waals surface area contributed by atoms with Crippen molar-refractivity contribution in [2.24, 2.45) is 0 Å². The fraction of sp³-hybridized carbons (Fsp3) is 0.231. The van der Waals surface area contributed by atoms with E-state index in [0.29, 0.717) is 47.5 Å². The molecule has 1 amide bonds. The molecule has 174 valence electrons. The molecule has 0 bridgehead atoms. The van der Waals surface area contributed by atoms with Crippen molar-refractivity contribution in [1.82, 2.24) is 0 Å². The van der Waals surface area contributed by atoms with E-state index in [1.807, 2.05) is 13.8 Å². The summed E-state index contributed by atoms with van der Waals surface area (Å²) in [4.78, 5) is 27.7. The lowest BCUT2D eigenvalue weighted by molar-refractivity contribution is -0.132. The number of anilines is 1. The van der Waals surface area contributed by atoms with E-state index in [1.54, 1.807) is 54.6 Å². The highest BCUT2D eigenvalue weighted by atomic mass is 16.6. The van der Waals surface area contributed by atoms with Crippen molar-refractivity contribution in [2.75, 3.05) is 18.1 Å². The van der Waals surface area contributed by atoms with Crippen molar-refractivity contribution in [3.05, 3.63) is 77.8 Å². The van der Waals surface area contributed by atoms with E-state index in [-0.39, 0.29) is 17.4 Å². The summed E-state index contributed by atoms with van der Waals surface area (Å²) >= 11 is 0. The smallest absolute Gasteiger partial charge is 0.300 e. The molecule has 8 nitrogen and oxygen atoms in total. The normalized spacial score (nSPS) is 19.0. The molecule has 1 fully saturated rings. The molecular formula is C26H23NO7. The number of aliphatic hydroxyl groups excluding tert-OH is 1. The molecule has 0 saturated carbocycles. The summed E-state index contributed by atoms with van der Waals surface area (Å²) < 4.78 is 22.4. The van der Waals surface area contributed by atoms with Gasteiger partial charge in [0.1, 0.15) is 36.5 Å². The minimum Gasteiger partial charge on any atom is -0.507 e. The molecule has 2 aliphatic heterocycles. The highest BCUT2D eigenvalue weighted by Crippen LogP contribution is 2.43. The van der Waals surface area contributed by atoms with Crippen molar-refractivity contribution in [1.29, 1.82) is 0 Å². The average molecular weight is 461 g/mol. The number of Topliss-reactive ketones (excluding diaryl/α,β-unsaturated/α-hetero) is 1. The molecule has 5 rings (SSSR count). The molecule has 1 aromatic heterocycles. The van der Waals surface area contributed by atoms with E-state index in [4.69, 9.17) is 18.6 Å². The van der Waals surface area contributed by atoms with Crippen molar-refractivity contribution in [2.45, 2.75) is 26.0 Å². The Kier molecular flexibility index (Phi) is 5.49. The third-order valence-corrected chi connectivity index (χ3v) is 5.56. The topological polar surface area (TPSA) is 98.4 Å². The number of carbonyl (C=O) groups excluding carboxylic acids is 2. The number of nitrogens with zero attached hydrogens (tertiary/aromatic N) is 1. The summed E-state index contributed by atoms with van der Waals surface area (Å²) in [7, 11) is 0. The SMILES string of the molecule is CC(C)Oc1ccc(N2C(=O)C(=O)/C(=C(\O)c3ccc4c(c3)OCCO4)C2c2ccco2)cc1. The van der Waals surface area contributed by atoms with Gasteiger partial charge in [0.25, 0.3) is 11.7 Å². The number of carbonyl (C=O) groups is 2. The van der Waals surface area contributed by atoms with Gasteiger partial charge in [-0.15, -0.1) is 0 Å². The second-order valence-electron chi connectivity index (χ2n) is 8.20. The van der Waals surface area contributed by atoms with Crippen LogP contribution >= 0.6 is 0 Å². The first-order valence-electron chi connectivity index (χ1n) is 10.9. The maximum absolute atomic E-state index is 13.2. The zero-order valence-electron chi connectivity index (χ0n) is 18.7. The summed E-state index contributed by atoms with van der Waals surface area (Å²) in [6.45, 7) is 4.65. The summed E-state index contributed by atoms with van der Waals surface area (Å²) in [6.07, 6.45) is 1.45. The fourth-order valence-corrected chi connectivity index (χ4v) is 4.12. The number of rotatable bonds is 5. The van der Waals surface area contributed by atoms with Gasteiger partial charge in [-0.2, -0.15) is 0 Å². The molecule has 34 heavy (non-hydrogen) atoms. The second kappa shape index (κ2) is 8.62. The van der Waals surface area contributed by atoms with Gasteiger partial charge in [0.2, 0.25) is 0 Å². The Bertz CT molecular complexity index is 1260. The predicted molar refractivity (Wildman–Crippen MR) is 123 cm³/mol. The van der Waals surface area contributed by atoms with E-state index in [2.05, 4.69) is 0 Å². The van der Waals surface area contributed by atoms with Gasteiger partial charge in [0.05, 0.1) is 17.9 Å². The summed E-state index contributed by atoms with van der Waals surface area (Å²) in [5.41, 5.74) is 0.736. The van der Waals surface area contributed by atoms with E-state index in [1.165, 1.54) is 11.2 Å². The number of hydrogen-bond donors (Lipinski definition) is 1. The molecule has 0 spiro atoms. The molecule has 0 aliphatic carbocycles. The van der Waals surface area contributed by atoms with Crippen LogP contribution in [-0.2, 0) is 9.59 Å². The molecule has 2 aromatic carbocycles. The van der Waals surface area contributed by atoms with Crippen LogP contribution in [0.5, 0.6) is 17.2 Å².